The Bertz CT molecular complexity index is 703. The minimum Gasteiger partial charge on any atom is -0.305 e. The third-order valence-corrected chi connectivity index (χ3v) is 3.59. The van der Waals surface area contributed by atoms with Crippen LogP contribution in [-0.2, 0) is 6.54 Å². The molecule has 1 unspecified atom stereocenters. The fraction of sp³-hybridized carbons (Fsp3) is 0.250. The Morgan fingerprint density at radius 2 is 2.15 bits per heavy atom. The molecule has 0 amide bonds. The number of hydrogen-bond donors (Lipinski definition) is 1. The van der Waals surface area contributed by atoms with Gasteiger partial charge in [0.05, 0.1) is 11.4 Å². The summed E-state index contributed by atoms with van der Waals surface area (Å²) in [5, 5.41) is 3.53. The Morgan fingerprint density at radius 3 is 2.95 bits per heavy atom. The quantitative estimate of drug-likeness (QED) is 0.789. The molecule has 3 heterocycles. The molecule has 4 nitrogen and oxygen atoms in total. The molecule has 0 saturated heterocycles. The molecule has 0 aromatic carbocycles. The lowest BCUT2D eigenvalue weighted by atomic mass is 10.1. The molecule has 20 heavy (non-hydrogen) atoms. The van der Waals surface area contributed by atoms with Gasteiger partial charge in [0.15, 0.2) is 0 Å². The molecule has 102 valence electrons. The van der Waals surface area contributed by atoms with Gasteiger partial charge in [-0.15, -0.1) is 0 Å². The topological polar surface area (TPSA) is 42.2 Å². The van der Waals surface area contributed by atoms with Crippen molar-refractivity contribution in [1.29, 1.82) is 0 Å². The SMILES string of the molecule is Cc1nc2ccccn2c1CNC(C)c1cccnc1. The summed E-state index contributed by atoms with van der Waals surface area (Å²) in [5.41, 5.74) is 4.47. The van der Waals surface area contributed by atoms with Gasteiger partial charge in [-0.05, 0) is 37.6 Å². The molecule has 1 atom stereocenters. The van der Waals surface area contributed by atoms with Gasteiger partial charge >= 0.3 is 0 Å². The van der Waals surface area contributed by atoms with Gasteiger partial charge in [-0.3, -0.25) is 4.98 Å². The van der Waals surface area contributed by atoms with E-state index < -0.39 is 0 Å². The van der Waals surface area contributed by atoms with Gasteiger partial charge in [-0.2, -0.15) is 0 Å². The third-order valence-electron chi connectivity index (χ3n) is 3.59. The first-order valence-electron chi connectivity index (χ1n) is 6.81. The first kappa shape index (κ1) is 12.8. The lowest BCUT2D eigenvalue weighted by Gasteiger charge is -2.14. The highest BCUT2D eigenvalue weighted by Gasteiger charge is 2.10. The number of aryl methyl sites for hydroxylation is 1. The highest BCUT2D eigenvalue weighted by molar-refractivity contribution is 5.42. The van der Waals surface area contributed by atoms with Gasteiger partial charge < -0.3 is 9.72 Å². The predicted octanol–water partition coefficient (Wildman–Crippen LogP) is 2.89. The minimum atomic E-state index is 0.261. The molecule has 0 bridgehead atoms. The lowest BCUT2D eigenvalue weighted by molar-refractivity contribution is 0.563. The summed E-state index contributed by atoms with van der Waals surface area (Å²) < 4.78 is 2.14. The largest absolute Gasteiger partial charge is 0.305 e. The summed E-state index contributed by atoms with van der Waals surface area (Å²) in [6.45, 7) is 4.99. The summed E-state index contributed by atoms with van der Waals surface area (Å²) in [4.78, 5) is 8.74. The molecule has 3 aromatic rings. The van der Waals surface area contributed by atoms with Crippen molar-refractivity contribution in [2.24, 2.45) is 0 Å². The number of rotatable bonds is 4. The molecule has 1 N–H and O–H groups in total. The van der Waals surface area contributed by atoms with E-state index in [-0.39, 0.29) is 6.04 Å². The number of nitrogens with one attached hydrogen (secondary N) is 1. The van der Waals surface area contributed by atoms with E-state index >= 15 is 0 Å². The van der Waals surface area contributed by atoms with Crippen LogP contribution >= 0.6 is 0 Å². The summed E-state index contributed by atoms with van der Waals surface area (Å²) >= 11 is 0. The van der Waals surface area contributed by atoms with Crippen LogP contribution in [0.1, 0.15) is 29.9 Å². The number of fused-ring (bicyclic) bond motifs is 1. The molecule has 0 fully saturated rings. The fourth-order valence-corrected chi connectivity index (χ4v) is 2.38. The Balaban J connectivity index is 1.79. The molecule has 4 heteroatoms. The van der Waals surface area contributed by atoms with E-state index in [1.807, 2.05) is 30.5 Å². The van der Waals surface area contributed by atoms with Crippen molar-refractivity contribution in [3.05, 3.63) is 65.9 Å². The van der Waals surface area contributed by atoms with Crippen LogP contribution in [0.2, 0.25) is 0 Å². The van der Waals surface area contributed by atoms with Crippen LogP contribution in [-0.4, -0.2) is 14.4 Å². The molecule has 0 radical (unpaired) electrons. The van der Waals surface area contributed by atoms with E-state index in [1.54, 1.807) is 6.20 Å². The number of aromatic nitrogens is 3. The number of imidazole rings is 1. The van der Waals surface area contributed by atoms with Crippen molar-refractivity contribution in [3.8, 4) is 0 Å². The molecule has 3 aromatic heterocycles. The monoisotopic (exact) mass is 266 g/mol. The van der Waals surface area contributed by atoms with Crippen molar-refractivity contribution in [1.82, 2.24) is 19.7 Å². The second kappa shape index (κ2) is 5.43. The van der Waals surface area contributed by atoms with E-state index in [2.05, 4.69) is 45.8 Å². The minimum absolute atomic E-state index is 0.261. The first-order valence-corrected chi connectivity index (χ1v) is 6.81. The van der Waals surface area contributed by atoms with E-state index in [0.29, 0.717) is 0 Å². The Labute approximate surface area is 118 Å². The standard InChI is InChI=1S/C16H18N4/c1-12(14-6-5-8-17-10-14)18-11-15-13(2)19-16-7-3-4-9-20(15)16/h3-10,12,18H,11H2,1-2H3. The predicted molar refractivity (Wildman–Crippen MR) is 79.4 cm³/mol. The molecule has 0 saturated carbocycles. The van der Waals surface area contributed by atoms with E-state index in [1.165, 1.54) is 11.3 Å². The van der Waals surface area contributed by atoms with Crippen LogP contribution in [0.5, 0.6) is 0 Å². The van der Waals surface area contributed by atoms with Crippen molar-refractivity contribution >= 4 is 5.65 Å². The molecular weight excluding hydrogens is 248 g/mol. The summed E-state index contributed by atoms with van der Waals surface area (Å²) in [5.74, 6) is 0. The van der Waals surface area contributed by atoms with E-state index in [9.17, 15) is 0 Å². The Hall–Kier alpha value is -2.20. The summed E-state index contributed by atoms with van der Waals surface area (Å²) in [6.07, 6.45) is 5.75. The maximum Gasteiger partial charge on any atom is 0.137 e. The number of nitrogens with zero attached hydrogens (tertiary/aromatic N) is 3. The molecule has 0 aliphatic rings. The van der Waals surface area contributed by atoms with Crippen molar-refractivity contribution in [3.63, 3.8) is 0 Å². The highest BCUT2D eigenvalue weighted by Crippen LogP contribution is 2.14. The van der Waals surface area contributed by atoms with E-state index in [4.69, 9.17) is 0 Å². The number of hydrogen-bond acceptors (Lipinski definition) is 3. The molecule has 0 aliphatic carbocycles. The molecule has 3 rings (SSSR count). The third kappa shape index (κ3) is 2.42. The zero-order valence-corrected chi connectivity index (χ0v) is 11.7. The maximum absolute atomic E-state index is 4.57. The van der Waals surface area contributed by atoms with Crippen molar-refractivity contribution in [2.45, 2.75) is 26.4 Å². The molecule has 0 spiro atoms. The van der Waals surface area contributed by atoms with E-state index in [0.717, 1.165) is 17.9 Å². The molecule has 0 aliphatic heterocycles. The normalized spacial score (nSPS) is 12.7. The van der Waals surface area contributed by atoms with Crippen LogP contribution in [0.3, 0.4) is 0 Å². The first-order chi connectivity index (χ1) is 9.75. The Kier molecular flexibility index (Phi) is 3.48. The highest BCUT2D eigenvalue weighted by atomic mass is 15.0. The maximum atomic E-state index is 4.57. The molecular formula is C16H18N4. The number of pyridine rings is 2. The van der Waals surface area contributed by atoms with Crippen molar-refractivity contribution in [2.75, 3.05) is 0 Å². The fourth-order valence-electron chi connectivity index (χ4n) is 2.38. The smallest absolute Gasteiger partial charge is 0.137 e. The van der Waals surface area contributed by atoms with Crippen LogP contribution in [0.25, 0.3) is 5.65 Å². The van der Waals surface area contributed by atoms with Gasteiger partial charge in [0.25, 0.3) is 0 Å². The van der Waals surface area contributed by atoms with Crippen LogP contribution in [0.4, 0.5) is 0 Å². The van der Waals surface area contributed by atoms with Gasteiger partial charge in [0, 0.05) is 31.2 Å². The van der Waals surface area contributed by atoms with Crippen LogP contribution < -0.4 is 5.32 Å². The lowest BCUT2D eigenvalue weighted by Crippen LogP contribution is -2.19. The average Bonchev–Trinajstić information content (AvgIpc) is 2.81. The van der Waals surface area contributed by atoms with Crippen LogP contribution in [0, 0.1) is 6.92 Å². The van der Waals surface area contributed by atoms with Gasteiger partial charge in [-0.25, -0.2) is 4.98 Å². The van der Waals surface area contributed by atoms with Gasteiger partial charge in [0.2, 0.25) is 0 Å². The average molecular weight is 266 g/mol. The van der Waals surface area contributed by atoms with Crippen LogP contribution in [0.15, 0.2) is 48.9 Å². The van der Waals surface area contributed by atoms with Crippen molar-refractivity contribution < 1.29 is 0 Å². The van der Waals surface area contributed by atoms with Gasteiger partial charge in [0.1, 0.15) is 5.65 Å². The Morgan fingerprint density at radius 1 is 1.25 bits per heavy atom. The van der Waals surface area contributed by atoms with Gasteiger partial charge in [-0.1, -0.05) is 12.1 Å². The zero-order valence-electron chi connectivity index (χ0n) is 11.7. The zero-order chi connectivity index (χ0) is 13.9. The summed E-state index contributed by atoms with van der Waals surface area (Å²) in [6, 6.07) is 10.4. The second-order valence-corrected chi connectivity index (χ2v) is 4.96. The second-order valence-electron chi connectivity index (χ2n) is 4.96. The summed E-state index contributed by atoms with van der Waals surface area (Å²) in [7, 11) is 0.